The van der Waals surface area contributed by atoms with Gasteiger partial charge < -0.3 is 15.0 Å². The molecule has 0 radical (unpaired) electrons. The Morgan fingerprint density at radius 1 is 1.35 bits per heavy atom. The molecule has 0 spiro atoms. The van der Waals surface area contributed by atoms with Gasteiger partial charge in [0.2, 0.25) is 11.8 Å². The molecule has 2 amide bonds. The van der Waals surface area contributed by atoms with Gasteiger partial charge in [-0.05, 0) is 30.9 Å². The van der Waals surface area contributed by atoms with E-state index in [1.807, 2.05) is 36.1 Å². The molecule has 124 valence electrons. The highest BCUT2D eigenvalue weighted by Gasteiger charge is 2.45. The Morgan fingerprint density at radius 2 is 2.09 bits per heavy atom. The third kappa shape index (κ3) is 3.39. The summed E-state index contributed by atoms with van der Waals surface area (Å²) in [5.41, 5.74) is 2.17. The van der Waals surface area contributed by atoms with Gasteiger partial charge in [-0.25, -0.2) is 0 Å². The van der Waals surface area contributed by atoms with Gasteiger partial charge in [-0.3, -0.25) is 9.59 Å². The summed E-state index contributed by atoms with van der Waals surface area (Å²) in [5, 5.41) is 3.06. The average molecular weight is 316 g/mol. The fraction of sp³-hybridized carbons (Fsp3) is 0.556. The van der Waals surface area contributed by atoms with Crippen LogP contribution in [0.15, 0.2) is 24.3 Å². The van der Waals surface area contributed by atoms with Crippen molar-refractivity contribution in [2.75, 3.05) is 20.3 Å². The number of nitrogens with zero attached hydrogens (tertiary/aromatic N) is 1. The SMILES string of the molecule is COCCN1C(=O)C[C@@H](C(=O)NC2CC2)[C@@H]1c1ccccc1C. The van der Waals surface area contributed by atoms with E-state index in [0.29, 0.717) is 19.2 Å². The second-order valence-electron chi connectivity index (χ2n) is 6.47. The molecule has 1 N–H and O–H groups in total. The first kappa shape index (κ1) is 16.0. The monoisotopic (exact) mass is 316 g/mol. The zero-order chi connectivity index (χ0) is 16.4. The zero-order valence-electron chi connectivity index (χ0n) is 13.7. The zero-order valence-corrected chi connectivity index (χ0v) is 13.7. The molecule has 1 saturated carbocycles. The van der Waals surface area contributed by atoms with Crippen molar-refractivity contribution >= 4 is 11.8 Å². The summed E-state index contributed by atoms with van der Waals surface area (Å²) in [5.74, 6) is -0.277. The highest BCUT2D eigenvalue weighted by Crippen LogP contribution is 2.39. The molecule has 1 heterocycles. The Balaban J connectivity index is 1.89. The first-order valence-electron chi connectivity index (χ1n) is 8.26. The van der Waals surface area contributed by atoms with Gasteiger partial charge in [-0.2, -0.15) is 0 Å². The molecule has 2 fully saturated rings. The first-order valence-corrected chi connectivity index (χ1v) is 8.26. The van der Waals surface area contributed by atoms with Crippen LogP contribution in [0.1, 0.15) is 36.4 Å². The number of carbonyl (C=O) groups excluding carboxylic acids is 2. The second kappa shape index (κ2) is 6.71. The molecule has 5 heteroatoms. The van der Waals surface area contributed by atoms with E-state index in [-0.39, 0.29) is 30.2 Å². The smallest absolute Gasteiger partial charge is 0.226 e. The van der Waals surface area contributed by atoms with E-state index in [4.69, 9.17) is 4.74 Å². The van der Waals surface area contributed by atoms with Gasteiger partial charge in [-0.1, -0.05) is 24.3 Å². The molecular weight excluding hydrogens is 292 g/mol. The average Bonchev–Trinajstić information content (AvgIpc) is 3.28. The Morgan fingerprint density at radius 3 is 2.74 bits per heavy atom. The van der Waals surface area contributed by atoms with Gasteiger partial charge in [-0.15, -0.1) is 0 Å². The molecule has 1 saturated heterocycles. The van der Waals surface area contributed by atoms with Crippen LogP contribution in [0.3, 0.4) is 0 Å². The number of hydrogen-bond donors (Lipinski definition) is 1. The minimum atomic E-state index is -0.318. The van der Waals surface area contributed by atoms with Crippen molar-refractivity contribution in [2.45, 2.75) is 38.3 Å². The van der Waals surface area contributed by atoms with Crippen LogP contribution < -0.4 is 5.32 Å². The molecule has 2 aliphatic rings. The maximum atomic E-state index is 12.6. The predicted octanol–water partition coefficient (Wildman–Crippen LogP) is 1.81. The molecule has 1 aliphatic carbocycles. The molecule has 2 atom stereocenters. The van der Waals surface area contributed by atoms with Crippen LogP contribution in [0.2, 0.25) is 0 Å². The number of ether oxygens (including phenoxy) is 1. The van der Waals surface area contributed by atoms with Gasteiger partial charge in [0.15, 0.2) is 0 Å². The number of nitrogens with one attached hydrogen (secondary N) is 1. The van der Waals surface area contributed by atoms with E-state index < -0.39 is 0 Å². The Labute approximate surface area is 137 Å². The first-order chi connectivity index (χ1) is 11.1. The number of rotatable bonds is 6. The molecule has 3 rings (SSSR count). The minimum Gasteiger partial charge on any atom is -0.383 e. The lowest BCUT2D eigenvalue weighted by molar-refractivity contribution is -0.129. The largest absolute Gasteiger partial charge is 0.383 e. The topological polar surface area (TPSA) is 58.6 Å². The normalized spacial score (nSPS) is 24.1. The summed E-state index contributed by atoms with van der Waals surface area (Å²) in [7, 11) is 1.63. The van der Waals surface area contributed by atoms with Crippen molar-refractivity contribution in [2.24, 2.45) is 5.92 Å². The van der Waals surface area contributed by atoms with Crippen LogP contribution in [0.25, 0.3) is 0 Å². The van der Waals surface area contributed by atoms with Crippen molar-refractivity contribution < 1.29 is 14.3 Å². The fourth-order valence-corrected chi connectivity index (χ4v) is 3.32. The highest BCUT2D eigenvalue weighted by molar-refractivity contribution is 5.90. The van der Waals surface area contributed by atoms with Crippen molar-refractivity contribution in [1.29, 1.82) is 0 Å². The number of methoxy groups -OCH3 is 1. The molecule has 5 nitrogen and oxygen atoms in total. The summed E-state index contributed by atoms with van der Waals surface area (Å²) in [6.45, 7) is 3.02. The van der Waals surface area contributed by atoms with Crippen LogP contribution in [0, 0.1) is 12.8 Å². The molecule has 23 heavy (non-hydrogen) atoms. The van der Waals surface area contributed by atoms with Gasteiger partial charge in [0.05, 0.1) is 18.6 Å². The number of amides is 2. The number of aryl methyl sites for hydroxylation is 1. The minimum absolute atomic E-state index is 0.00835. The maximum Gasteiger partial charge on any atom is 0.226 e. The highest BCUT2D eigenvalue weighted by atomic mass is 16.5. The van der Waals surface area contributed by atoms with Crippen LogP contribution in [0.5, 0.6) is 0 Å². The van der Waals surface area contributed by atoms with Crippen LogP contribution in [-0.2, 0) is 14.3 Å². The number of carbonyl (C=O) groups is 2. The molecular formula is C18H24N2O3. The van der Waals surface area contributed by atoms with E-state index in [0.717, 1.165) is 24.0 Å². The number of benzene rings is 1. The third-order valence-corrected chi connectivity index (χ3v) is 4.74. The van der Waals surface area contributed by atoms with Gasteiger partial charge >= 0.3 is 0 Å². The molecule has 1 aromatic carbocycles. The lowest BCUT2D eigenvalue weighted by Crippen LogP contribution is -2.37. The molecule has 1 aromatic rings. The molecule has 1 aliphatic heterocycles. The fourth-order valence-electron chi connectivity index (χ4n) is 3.32. The number of likely N-dealkylation sites (tertiary alicyclic amines) is 1. The van der Waals surface area contributed by atoms with E-state index in [1.54, 1.807) is 7.11 Å². The lowest BCUT2D eigenvalue weighted by Gasteiger charge is -2.29. The van der Waals surface area contributed by atoms with Crippen LogP contribution in [0.4, 0.5) is 0 Å². The Hall–Kier alpha value is -1.88. The van der Waals surface area contributed by atoms with Gasteiger partial charge in [0.25, 0.3) is 0 Å². The summed E-state index contributed by atoms with van der Waals surface area (Å²) < 4.78 is 5.14. The third-order valence-electron chi connectivity index (χ3n) is 4.74. The maximum absolute atomic E-state index is 12.6. The van der Waals surface area contributed by atoms with Gasteiger partial charge in [0.1, 0.15) is 0 Å². The van der Waals surface area contributed by atoms with E-state index in [9.17, 15) is 9.59 Å². The Bertz CT molecular complexity index is 598. The lowest BCUT2D eigenvalue weighted by atomic mass is 9.90. The summed E-state index contributed by atoms with van der Waals surface area (Å²) in [6, 6.07) is 8.11. The summed E-state index contributed by atoms with van der Waals surface area (Å²) in [6.07, 6.45) is 2.38. The van der Waals surface area contributed by atoms with E-state index in [1.165, 1.54) is 0 Å². The van der Waals surface area contributed by atoms with Crippen molar-refractivity contribution in [3.8, 4) is 0 Å². The molecule has 0 aromatic heterocycles. The predicted molar refractivity (Wildman–Crippen MR) is 86.8 cm³/mol. The van der Waals surface area contributed by atoms with E-state index >= 15 is 0 Å². The number of hydrogen-bond acceptors (Lipinski definition) is 3. The standard InChI is InChI=1S/C18H24N2O3/c1-12-5-3-4-6-14(12)17-15(18(22)19-13-7-8-13)11-16(21)20(17)9-10-23-2/h3-6,13,15,17H,7-11H2,1-2H3,(H,19,22)/t15-,17+/m1/s1. The van der Waals surface area contributed by atoms with Gasteiger partial charge in [0, 0.05) is 26.1 Å². The Kier molecular flexibility index (Phi) is 4.66. The quantitative estimate of drug-likeness (QED) is 0.871. The van der Waals surface area contributed by atoms with Crippen molar-refractivity contribution in [3.05, 3.63) is 35.4 Å². The van der Waals surface area contributed by atoms with Crippen molar-refractivity contribution in [3.63, 3.8) is 0 Å². The molecule has 0 unspecified atom stereocenters. The molecule has 0 bridgehead atoms. The summed E-state index contributed by atoms with van der Waals surface area (Å²) >= 11 is 0. The van der Waals surface area contributed by atoms with E-state index in [2.05, 4.69) is 5.32 Å². The summed E-state index contributed by atoms with van der Waals surface area (Å²) in [4.78, 5) is 26.9. The van der Waals surface area contributed by atoms with Crippen LogP contribution in [-0.4, -0.2) is 43.0 Å². The van der Waals surface area contributed by atoms with Crippen LogP contribution >= 0.6 is 0 Å². The second-order valence-corrected chi connectivity index (χ2v) is 6.47. The van der Waals surface area contributed by atoms with Crippen molar-refractivity contribution in [1.82, 2.24) is 10.2 Å².